The highest BCUT2D eigenvalue weighted by molar-refractivity contribution is 5.57. The van der Waals surface area contributed by atoms with Crippen molar-refractivity contribution in [2.24, 2.45) is 0 Å². The number of anilines is 1. The maximum Gasteiger partial charge on any atom is 0.311 e. The zero-order valence-corrected chi connectivity index (χ0v) is 9.30. The van der Waals surface area contributed by atoms with Crippen LogP contribution in [0.25, 0.3) is 0 Å². The molecule has 0 aliphatic carbocycles. The van der Waals surface area contributed by atoms with Crippen LogP contribution in [0.15, 0.2) is 12.3 Å². The number of aromatic nitrogens is 1. The number of rotatable bonds is 5. The van der Waals surface area contributed by atoms with Crippen LogP contribution in [0, 0.1) is 17.0 Å². The summed E-state index contributed by atoms with van der Waals surface area (Å²) in [5, 5.41) is 22.7. The van der Waals surface area contributed by atoms with Gasteiger partial charge in [-0.05, 0) is 18.9 Å². The zero-order valence-electron chi connectivity index (χ0n) is 9.30. The van der Waals surface area contributed by atoms with Crippen LogP contribution in [0.3, 0.4) is 0 Å². The number of nitrogens with one attached hydrogen (secondary N) is 1. The van der Waals surface area contributed by atoms with E-state index in [4.69, 9.17) is 5.11 Å². The molecule has 0 aromatic carbocycles. The third-order valence-electron chi connectivity index (χ3n) is 2.26. The third kappa shape index (κ3) is 2.90. The van der Waals surface area contributed by atoms with E-state index in [0.29, 0.717) is 6.42 Å². The monoisotopic (exact) mass is 225 g/mol. The largest absolute Gasteiger partial charge is 0.394 e. The van der Waals surface area contributed by atoms with Gasteiger partial charge < -0.3 is 10.4 Å². The summed E-state index contributed by atoms with van der Waals surface area (Å²) >= 11 is 0. The van der Waals surface area contributed by atoms with Gasteiger partial charge in [0, 0.05) is 12.3 Å². The summed E-state index contributed by atoms with van der Waals surface area (Å²) < 4.78 is 0. The Labute approximate surface area is 93.5 Å². The van der Waals surface area contributed by atoms with Crippen molar-refractivity contribution in [2.45, 2.75) is 26.3 Å². The Kier molecular flexibility index (Phi) is 4.19. The average molecular weight is 225 g/mol. The molecule has 0 radical (unpaired) electrons. The summed E-state index contributed by atoms with van der Waals surface area (Å²) in [4.78, 5) is 14.3. The fourth-order valence-electron chi connectivity index (χ4n) is 1.27. The highest BCUT2D eigenvalue weighted by atomic mass is 16.6. The van der Waals surface area contributed by atoms with E-state index in [-0.39, 0.29) is 24.2 Å². The minimum Gasteiger partial charge on any atom is -0.394 e. The van der Waals surface area contributed by atoms with Gasteiger partial charge in [-0.1, -0.05) is 6.92 Å². The van der Waals surface area contributed by atoms with Crippen molar-refractivity contribution in [2.75, 3.05) is 11.9 Å². The molecule has 16 heavy (non-hydrogen) atoms. The Hall–Kier alpha value is -1.69. The summed E-state index contributed by atoms with van der Waals surface area (Å²) in [6, 6.07) is 1.24. The standard InChI is InChI=1S/C10H15N3O3/c1-3-8(6-14)12-10-9(13(15)16)4-7(2)5-11-10/h4-5,8,14H,3,6H2,1-2H3,(H,11,12). The third-order valence-corrected chi connectivity index (χ3v) is 2.26. The maximum atomic E-state index is 10.8. The molecule has 88 valence electrons. The highest BCUT2D eigenvalue weighted by Gasteiger charge is 2.17. The molecule has 1 atom stereocenters. The molecule has 0 spiro atoms. The van der Waals surface area contributed by atoms with Gasteiger partial charge in [-0.15, -0.1) is 0 Å². The molecule has 2 N–H and O–H groups in total. The molecular formula is C10H15N3O3. The van der Waals surface area contributed by atoms with Crippen molar-refractivity contribution in [1.29, 1.82) is 0 Å². The second-order valence-electron chi connectivity index (χ2n) is 3.57. The number of aryl methyl sites for hydroxylation is 1. The van der Waals surface area contributed by atoms with E-state index in [1.165, 1.54) is 6.07 Å². The van der Waals surface area contributed by atoms with Crippen LogP contribution in [0.1, 0.15) is 18.9 Å². The molecule has 1 heterocycles. The lowest BCUT2D eigenvalue weighted by Crippen LogP contribution is -2.23. The summed E-state index contributed by atoms with van der Waals surface area (Å²) in [7, 11) is 0. The average Bonchev–Trinajstić information content (AvgIpc) is 2.27. The predicted molar refractivity (Wildman–Crippen MR) is 60.4 cm³/mol. The van der Waals surface area contributed by atoms with Gasteiger partial charge in [0.1, 0.15) is 0 Å². The van der Waals surface area contributed by atoms with E-state index in [1.807, 2.05) is 6.92 Å². The lowest BCUT2D eigenvalue weighted by molar-refractivity contribution is -0.384. The topological polar surface area (TPSA) is 88.3 Å². The van der Waals surface area contributed by atoms with Crippen LogP contribution in [-0.2, 0) is 0 Å². The molecular weight excluding hydrogens is 210 g/mol. The molecule has 0 aliphatic rings. The van der Waals surface area contributed by atoms with Gasteiger partial charge in [-0.3, -0.25) is 10.1 Å². The number of hydrogen-bond donors (Lipinski definition) is 2. The van der Waals surface area contributed by atoms with E-state index >= 15 is 0 Å². The van der Waals surface area contributed by atoms with E-state index in [9.17, 15) is 10.1 Å². The van der Waals surface area contributed by atoms with Crippen molar-refractivity contribution in [3.8, 4) is 0 Å². The highest BCUT2D eigenvalue weighted by Crippen LogP contribution is 2.23. The molecule has 6 heteroatoms. The molecule has 6 nitrogen and oxygen atoms in total. The smallest absolute Gasteiger partial charge is 0.311 e. The molecule has 0 bridgehead atoms. The first-order valence-electron chi connectivity index (χ1n) is 5.07. The maximum absolute atomic E-state index is 10.8. The van der Waals surface area contributed by atoms with E-state index in [2.05, 4.69) is 10.3 Å². The molecule has 0 fully saturated rings. The SMILES string of the molecule is CCC(CO)Nc1ncc(C)cc1[N+](=O)[O-]. The van der Waals surface area contributed by atoms with E-state index in [0.717, 1.165) is 5.56 Å². The number of nitro groups is 1. The van der Waals surface area contributed by atoms with E-state index in [1.54, 1.807) is 13.1 Å². The molecule has 1 rings (SSSR count). The number of pyridine rings is 1. The van der Waals surface area contributed by atoms with Gasteiger partial charge >= 0.3 is 5.69 Å². The van der Waals surface area contributed by atoms with Gasteiger partial charge in [0.05, 0.1) is 17.6 Å². The summed E-state index contributed by atoms with van der Waals surface area (Å²) in [5.41, 5.74) is 0.668. The number of nitrogens with zero attached hydrogens (tertiary/aromatic N) is 2. The first-order chi connectivity index (χ1) is 7.58. The van der Waals surface area contributed by atoms with Gasteiger partial charge in [-0.25, -0.2) is 4.98 Å². The molecule has 1 unspecified atom stereocenters. The Balaban J connectivity index is 2.98. The molecule has 1 aromatic heterocycles. The Morgan fingerprint density at radius 3 is 2.88 bits per heavy atom. The van der Waals surface area contributed by atoms with Gasteiger partial charge in [-0.2, -0.15) is 0 Å². The van der Waals surface area contributed by atoms with Crippen molar-refractivity contribution >= 4 is 11.5 Å². The number of aliphatic hydroxyl groups excluding tert-OH is 1. The number of aliphatic hydroxyl groups is 1. The minimum absolute atomic E-state index is 0.0631. The van der Waals surface area contributed by atoms with Crippen LogP contribution >= 0.6 is 0 Å². The first-order valence-corrected chi connectivity index (χ1v) is 5.07. The van der Waals surface area contributed by atoms with Crippen molar-refractivity contribution in [3.05, 3.63) is 27.9 Å². The molecule has 0 amide bonds. The summed E-state index contributed by atoms with van der Waals surface area (Å²) in [6.45, 7) is 3.55. The second-order valence-corrected chi connectivity index (χ2v) is 3.57. The fourth-order valence-corrected chi connectivity index (χ4v) is 1.27. The van der Waals surface area contributed by atoms with Gasteiger partial charge in [0.15, 0.2) is 0 Å². The minimum atomic E-state index is -0.480. The molecule has 0 aliphatic heterocycles. The number of hydrogen-bond acceptors (Lipinski definition) is 5. The Bertz CT molecular complexity index is 378. The molecule has 0 saturated carbocycles. The Morgan fingerprint density at radius 1 is 1.69 bits per heavy atom. The Morgan fingerprint density at radius 2 is 2.38 bits per heavy atom. The zero-order chi connectivity index (χ0) is 12.1. The van der Waals surface area contributed by atoms with Crippen molar-refractivity contribution in [1.82, 2.24) is 4.98 Å². The quantitative estimate of drug-likeness (QED) is 0.585. The van der Waals surface area contributed by atoms with Crippen LogP contribution in [0.5, 0.6) is 0 Å². The van der Waals surface area contributed by atoms with Gasteiger partial charge in [0.2, 0.25) is 5.82 Å². The lowest BCUT2D eigenvalue weighted by atomic mass is 10.2. The lowest BCUT2D eigenvalue weighted by Gasteiger charge is -2.14. The summed E-state index contributed by atoms with van der Waals surface area (Å²) in [6.07, 6.45) is 2.22. The van der Waals surface area contributed by atoms with Crippen molar-refractivity contribution < 1.29 is 10.0 Å². The molecule has 1 aromatic rings. The van der Waals surface area contributed by atoms with Crippen LogP contribution in [-0.4, -0.2) is 27.7 Å². The van der Waals surface area contributed by atoms with Crippen LogP contribution in [0.4, 0.5) is 11.5 Å². The normalized spacial score (nSPS) is 12.2. The van der Waals surface area contributed by atoms with Crippen molar-refractivity contribution in [3.63, 3.8) is 0 Å². The summed E-state index contributed by atoms with van der Waals surface area (Å²) in [5.74, 6) is 0.205. The van der Waals surface area contributed by atoms with Gasteiger partial charge in [0.25, 0.3) is 0 Å². The first kappa shape index (κ1) is 12.4. The van der Waals surface area contributed by atoms with Crippen LogP contribution < -0.4 is 5.32 Å². The predicted octanol–water partition coefficient (Wildman–Crippen LogP) is 1.48. The fraction of sp³-hybridized carbons (Fsp3) is 0.500. The van der Waals surface area contributed by atoms with Crippen LogP contribution in [0.2, 0.25) is 0 Å². The molecule has 0 saturated heterocycles. The van der Waals surface area contributed by atoms with E-state index < -0.39 is 4.92 Å². The second kappa shape index (κ2) is 5.41.